The minimum atomic E-state index is -0.745. The highest BCUT2D eigenvalue weighted by atomic mass is 32.2. The lowest BCUT2D eigenvalue weighted by atomic mass is 10.1. The Kier molecular flexibility index (Phi) is 4.26. The first-order valence-corrected chi connectivity index (χ1v) is 5.44. The lowest BCUT2D eigenvalue weighted by molar-refractivity contribution is 0.574. The van der Waals surface area contributed by atoms with Gasteiger partial charge in [-0.1, -0.05) is 13.8 Å². The molecule has 0 radical (unpaired) electrons. The molecule has 0 fully saturated rings. The lowest BCUT2D eigenvalue weighted by Crippen LogP contribution is -2.38. The number of hydrogen-bond donors (Lipinski definition) is 1. The van der Waals surface area contributed by atoms with Crippen molar-refractivity contribution >= 4 is 10.8 Å². The third-order valence-corrected chi connectivity index (χ3v) is 3.16. The van der Waals surface area contributed by atoms with Gasteiger partial charge >= 0.3 is 0 Å². The van der Waals surface area contributed by atoms with E-state index in [1.165, 1.54) is 0 Å². The van der Waals surface area contributed by atoms with Crippen LogP contribution in [0.3, 0.4) is 0 Å². The van der Waals surface area contributed by atoms with Crippen LogP contribution >= 0.6 is 0 Å². The maximum Gasteiger partial charge on any atom is 0.0410 e. The van der Waals surface area contributed by atoms with Gasteiger partial charge in [0.1, 0.15) is 0 Å². The van der Waals surface area contributed by atoms with Gasteiger partial charge in [-0.15, -0.1) is 0 Å². The molecular weight excluding hydrogens is 158 g/mol. The van der Waals surface area contributed by atoms with Crippen LogP contribution in [0.25, 0.3) is 0 Å². The average molecular weight is 177 g/mol. The Balaban J connectivity index is 3.71. The van der Waals surface area contributed by atoms with Crippen LogP contribution < -0.4 is 5.73 Å². The Bertz CT molecular complexity index is 138. The van der Waals surface area contributed by atoms with E-state index >= 15 is 0 Å². The summed E-state index contributed by atoms with van der Waals surface area (Å²) in [5.41, 5.74) is 5.43. The van der Waals surface area contributed by atoms with E-state index in [1.807, 2.05) is 13.8 Å². The van der Waals surface area contributed by atoms with Gasteiger partial charge in [0.05, 0.1) is 0 Å². The zero-order valence-electron chi connectivity index (χ0n) is 7.89. The highest BCUT2D eigenvalue weighted by molar-refractivity contribution is 7.85. The van der Waals surface area contributed by atoms with Gasteiger partial charge in [-0.2, -0.15) is 0 Å². The van der Waals surface area contributed by atoms with Crippen molar-refractivity contribution in [3.8, 4) is 0 Å². The van der Waals surface area contributed by atoms with Gasteiger partial charge in [0.2, 0.25) is 0 Å². The van der Waals surface area contributed by atoms with Crippen LogP contribution in [-0.2, 0) is 10.8 Å². The molecule has 0 saturated heterocycles. The normalized spacial score (nSPS) is 15.5. The van der Waals surface area contributed by atoms with Crippen molar-refractivity contribution in [2.75, 3.05) is 11.5 Å². The molecule has 0 bridgehead atoms. The first-order chi connectivity index (χ1) is 4.81. The van der Waals surface area contributed by atoms with Crippen molar-refractivity contribution in [2.24, 2.45) is 11.7 Å². The average Bonchev–Trinajstić information content (AvgIpc) is 1.53. The first kappa shape index (κ1) is 11.1. The summed E-state index contributed by atoms with van der Waals surface area (Å²) in [6.45, 7) is 7.96. The maximum absolute atomic E-state index is 11.3. The topological polar surface area (TPSA) is 43.1 Å². The molecule has 1 atom stereocenters. The highest BCUT2D eigenvalue weighted by Gasteiger charge is 2.15. The summed E-state index contributed by atoms with van der Waals surface area (Å²) in [4.78, 5) is 0. The van der Waals surface area contributed by atoms with Gasteiger partial charge in [-0.3, -0.25) is 4.21 Å². The third-order valence-electron chi connectivity index (χ3n) is 1.05. The molecule has 0 aliphatic carbocycles. The molecule has 0 rings (SSSR count). The monoisotopic (exact) mass is 177 g/mol. The highest BCUT2D eigenvalue weighted by Crippen LogP contribution is 2.03. The molecule has 68 valence electrons. The van der Waals surface area contributed by atoms with Crippen LogP contribution in [0.1, 0.15) is 27.7 Å². The van der Waals surface area contributed by atoms with Crippen LogP contribution in [0.4, 0.5) is 0 Å². The molecule has 11 heavy (non-hydrogen) atoms. The van der Waals surface area contributed by atoms with Gasteiger partial charge in [-0.25, -0.2) is 0 Å². The molecule has 0 amide bonds. The summed E-state index contributed by atoms with van der Waals surface area (Å²) in [6, 6.07) is 0. The fraction of sp³-hybridized carbons (Fsp3) is 1.00. The number of rotatable bonds is 4. The molecule has 0 heterocycles. The minimum absolute atomic E-state index is 0.292. The van der Waals surface area contributed by atoms with Crippen LogP contribution in [0.2, 0.25) is 0 Å². The number of nitrogens with two attached hydrogens (primary N) is 1. The zero-order chi connectivity index (χ0) is 9.07. The Morgan fingerprint density at radius 3 is 2.18 bits per heavy atom. The summed E-state index contributed by atoms with van der Waals surface area (Å²) in [5.74, 6) is 1.87. The van der Waals surface area contributed by atoms with Crippen LogP contribution in [0, 0.1) is 5.92 Å². The van der Waals surface area contributed by atoms with E-state index in [9.17, 15) is 4.21 Å². The molecule has 1 unspecified atom stereocenters. The van der Waals surface area contributed by atoms with Crippen molar-refractivity contribution in [3.63, 3.8) is 0 Å². The third kappa shape index (κ3) is 8.01. The van der Waals surface area contributed by atoms with Crippen molar-refractivity contribution in [1.82, 2.24) is 0 Å². The molecule has 0 aromatic heterocycles. The maximum atomic E-state index is 11.3. The summed E-state index contributed by atoms with van der Waals surface area (Å²) >= 11 is 0. The van der Waals surface area contributed by atoms with Crippen molar-refractivity contribution in [3.05, 3.63) is 0 Å². The Labute approximate surface area is 72.0 Å². The largest absolute Gasteiger partial charge is 0.325 e. The smallest absolute Gasteiger partial charge is 0.0410 e. The molecule has 2 N–H and O–H groups in total. The second-order valence-electron chi connectivity index (χ2n) is 4.13. The standard InChI is InChI=1S/C8H19NOS/c1-7(2)5-11(10)6-8(3,4)9/h7H,5-6,9H2,1-4H3. The van der Waals surface area contributed by atoms with Gasteiger partial charge in [0, 0.05) is 27.8 Å². The quantitative estimate of drug-likeness (QED) is 0.699. The second-order valence-corrected chi connectivity index (χ2v) is 5.63. The molecule has 0 aliphatic rings. The van der Waals surface area contributed by atoms with E-state index in [4.69, 9.17) is 5.73 Å². The molecule has 0 aromatic carbocycles. The van der Waals surface area contributed by atoms with Crippen molar-refractivity contribution < 1.29 is 4.21 Å². The summed E-state index contributed by atoms with van der Waals surface area (Å²) in [7, 11) is -0.745. The predicted octanol–water partition coefficient (Wildman–Crippen LogP) is 1.13. The van der Waals surface area contributed by atoms with E-state index < -0.39 is 10.8 Å². The summed E-state index contributed by atoms with van der Waals surface area (Å²) < 4.78 is 11.3. The van der Waals surface area contributed by atoms with E-state index in [0.717, 1.165) is 5.75 Å². The first-order valence-electron chi connectivity index (χ1n) is 3.95. The predicted molar refractivity (Wildman–Crippen MR) is 51.0 cm³/mol. The second kappa shape index (κ2) is 4.21. The zero-order valence-corrected chi connectivity index (χ0v) is 8.70. The summed E-state index contributed by atoms with van der Waals surface area (Å²) in [5, 5.41) is 0. The van der Waals surface area contributed by atoms with Gasteiger partial charge < -0.3 is 5.73 Å². The Morgan fingerprint density at radius 1 is 1.45 bits per heavy atom. The SMILES string of the molecule is CC(C)CS(=O)CC(C)(C)N. The van der Waals surface area contributed by atoms with Crippen LogP contribution in [0.5, 0.6) is 0 Å². The lowest BCUT2D eigenvalue weighted by Gasteiger charge is -2.18. The van der Waals surface area contributed by atoms with E-state index in [0.29, 0.717) is 11.7 Å². The fourth-order valence-electron chi connectivity index (χ4n) is 0.846. The Hall–Kier alpha value is 0.110. The molecule has 0 aliphatic heterocycles. The van der Waals surface area contributed by atoms with E-state index in [-0.39, 0.29) is 5.54 Å². The molecule has 0 aromatic rings. The van der Waals surface area contributed by atoms with Crippen LogP contribution in [-0.4, -0.2) is 21.3 Å². The molecule has 2 nitrogen and oxygen atoms in total. The van der Waals surface area contributed by atoms with Gasteiger partial charge in [0.15, 0.2) is 0 Å². The minimum Gasteiger partial charge on any atom is -0.325 e. The van der Waals surface area contributed by atoms with E-state index in [1.54, 1.807) is 0 Å². The molecule has 0 saturated carbocycles. The molecule has 0 spiro atoms. The molecular formula is C8H19NOS. The van der Waals surface area contributed by atoms with Gasteiger partial charge in [0.25, 0.3) is 0 Å². The summed E-state index contributed by atoms with van der Waals surface area (Å²) in [6.07, 6.45) is 0. The van der Waals surface area contributed by atoms with Gasteiger partial charge in [-0.05, 0) is 19.8 Å². The molecule has 3 heteroatoms. The van der Waals surface area contributed by atoms with Crippen molar-refractivity contribution in [1.29, 1.82) is 0 Å². The van der Waals surface area contributed by atoms with Crippen molar-refractivity contribution in [2.45, 2.75) is 33.2 Å². The van der Waals surface area contributed by atoms with Crippen LogP contribution in [0.15, 0.2) is 0 Å². The van der Waals surface area contributed by atoms with E-state index in [2.05, 4.69) is 13.8 Å². The number of hydrogen-bond acceptors (Lipinski definition) is 2. The fourth-order valence-corrected chi connectivity index (χ4v) is 2.54. The Morgan fingerprint density at radius 2 is 1.91 bits per heavy atom.